The Bertz CT molecular complexity index is 522. The number of aliphatic hydroxyl groups is 1. The molecule has 0 saturated heterocycles. The number of nitrogens with one attached hydrogen (secondary N) is 1. The fourth-order valence-corrected chi connectivity index (χ4v) is 1.63. The van der Waals surface area contributed by atoms with Crippen LogP contribution < -0.4 is 5.32 Å². The number of hydrogen-bond donors (Lipinski definition) is 2. The van der Waals surface area contributed by atoms with E-state index in [9.17, 15) is 9.90 Å². The lowest BCUT2D eigenvalue weighted by Gasteiger charge is -2.15. The molecule has 1 atom stereocenters. The molecule has 94 valence electrons. The molecule has 5 heteroatoms. The fourth-order valence-electron chi connectivity index (χ4n) is 1.63. The van der Waals surface area contributed by atoms with Gasteiger partial charge in [0.2, 0.25) is 0 Å². The van der Waals surface area contributed by atoms with Gasteiger partial charge in [0.1, 0.15) is 5.76 Å². The number of aryl methyl sites for hydroxylation is 1. The molecule has 0 radical (unpaired) electrons. The van der Waals surface area contributed by atoms with Gasteiger partial charge in [0, 0.05) is 6.07 Å². The normalized spacial score (nSPS) is 12.1. The van der Waals surface area contributed by atoms with Gasteiger partial charge in [0.15, 0.2) is 5.69 Å². The minimum absolute atomic E-state index is 0.174. The zero-order valence-corrected chi connectivity index (χ0v) is 9.96. The molecule has 0 fully saturated rings. The third-order valence-electron chi connectivity index (χ3n) is 2.55. The van der Waals surface area contributed by atoms with E-state index in [1.165, 1.54) is 0 Å². The minimum atomic E-state index is -0.448. The van der Waals surface area contributed by atoms with Crippen LogP contribution in [0.1, 0.15) is 27.9 Å². The molecule has 1 unspecified atom stereocenters. The quantitative estimate of drug-likeness (QED) is 0.856. The van der Waals surface area contributed by atoms with Crippen LogP contribution in [-0.2, 0) is 0 Å². The van der Waals surface area contributed by atoms with Crippen molar-refractivity contribution in [2.45, 2.75) is 13.0 Å². The molecule has 2 N–H and O–H groups in total. The predicted molar refractivity (Wildman–Crippen MR) is 65.0 cm³/mol. The van der Waals surface area contributed by atoms with Gasteiger partial charge in [0.25, 0.3) is 5.91 Å². The smallest absolute Gasteiger partial charge is 0.274 e. The van der Waals surface area contributed by atoms with Crippen LogP contribution in [0.5, 0.6) is 0 Å². The average molecular weight is 246 g/mol. The van der Waals surface area contributed by atoms with Crippen molar-refractivity contribution < 1.29 is 14.4 Å². The van der Waals surface area contributed by atoms with Gasteiger partial charge in [0.05, 0.1) is 12.6 Å². The van der Waals surface area contributed by atoms with Crippen LogP contribution in [0.2, 0.25) is 0 Å². The largest absolute Gasteiger partial charge is 0.394 e. The SMILES string of the molecule is Cc1cc(C(=O)NC(CO)c2ccccc2)no1. The van der Waals surface area contributed by atoms with Gasteiger partial charge < -0.3 is 14.9 Å². The monoisotopic (exact) mass is 246 g/mol. The second-order valence-electron chi connectivity index (χ2n) is 3.94. The molecule has 1 amide bonds. The number of rotatable bonds is 4. The van der Waals surface area contributed by atoms with E-state index in [1.807, 2.05) is 30.3 Å². The molecule has 1 aromatic heterocycles. The summed E-state index contributed by atoms with van der Waals surface area (Å²) < 4.78 is 4.83. The first-order chi connectivity index (χ1) is 8.70. The molecule has 0 aliphatic heterocycles. The first-order valence-corrected chi connectivity index (χ1v) is 5.60. The average Bonchev–Trinajstić information content (AvgIpc) is 2.83. The van der Waals surface area contributed by atoms with E-state index < -0.39 is 6.04 Å². The zero-order valence-electron chi connectivity index (χ0n) is 9.96. The van der Waals surface area contributed by atoms with Crippen molar-refractivity contribution >= 4 is 5.91 Å². The molecule has 18 heavy (non-hydrogen) atoms. The Morgan fingerprint density at radius 1 is 1.44 bits per heavy atom. The molecule has 2 rings (SSSR count). The molecular formula is C13H14N2O3. The topological polar surface area (TPSA) is 75.4 Å². The summed E-state index contributed by atoms with van der Waals surface area (Å²) in [6.07, 6.45) is 0. The number of aliphatic hydroxyl groups excluding tert-OH is 1. The fraction of sp³-hybridized carbons (Fsp3) is 0.231. The summed E-state index contributed by atoms with van der Waals surface area (Å²) in [5.41, 5.74) is 1.05. The van der Waals surface area contributed by atoms with Gasteiger partial charge in [-0.05, 0) is 12.5 Å². The number of benzene rings is 1. The van der Waals surface area contributed by atoms with Crippen LogP contribution in [0.4, 0.5) is 0 Å². The number of carbonyl (C=O) groups excluding carboxylic acids is 1. The Morgan fingerprint density at radius 2 is 2.17 bits per heavy atom. The summed E-state index contributed by atoms with van der Waals surface area (Å²) in [4.78, 5) is 11.9. The van der Waals surface area contributed by atoms with Crippen molar-refractivity contribution in [2.24, 2.45) is 0 Å². The standard InChI is InChI=1S/C13H14N2O3/c1-9-7-11(15-18-9)13(17)14-12(8-16)10-5-3-2-4-6-10/h2-7,12,16H,8H2,1H3,(H,14,17). The molecule has 2 aromatic rings. The van der Waals surface area contributed by atoms with Gasteiger partial charge in [-0.1, -0.05) is 35.5 Å². The van der Waals surface area contributed by atoms with E-state index >= 15 is 0 Å². The lowest BCUT2D eigenvalue weighted by atomic mass is 10.1. The number of aromatic nitrogens is 1. The van der Waals surface area contributed by atoms with E-state index in [4.69, 9.17) is 4.52 Å². The number of amides is 1. The van der Waals surface area contributed by atoms with Gasteiger partial charge in [-0.3, -0.25) is 4.79 Å². The highest BCUT2D eigenvalue weighted by Crippen LogP contribution is 2.12. The number of nitrogens with zero attached hydrogens (tertiary/aromatic N) is 1. The highest BCUT2D eigenvalue weighted by molar-refractivity contribution is 5.92. The molecule has 0 bridgehead atoms. The van der Waals surface area contributed by atoms with Gasteiger partial charge in [-0.25, -0.2) is 0 Å². The first kappa shape index (κ1) is 12.3. The Kier molecular flexibility index (Phi) is 3.74. The van der Waals surface area contributed by atoms with Crippen LogP contribution in [-0.4, -0.2) is 22.8 Å². The van der Waals surface area contributed by atoms with Crippen LogP contribution in [0.15, 0.2) is 40.9 Å². The van der Waals surface area contributed by atoms with E-state index in [0.29, 0.717) is 5.76 Å². The highest BCUT2D eigenvalue weighted by Gasteiger charge is 2.17. The van der Waals surface area contributed by atoms with Crippen LogP contribution >= 0.6 is 0 Å². The van der Waals surface area contributed by atoms with E-state index in [0.717, 1.165) is 5.56 Å². The van der Waals surface area contributed by atoms with Crippen molar-refractivity contribution in [2.75, 3.05) is 6.61 Å². The third-order valence-corrected chi connectivity index (χ3v) is 2.55. The minimum Gasteiger partial charge on any atom is -0.394 e. The van der Waals surface area contributed by atoms with Crippen molar-refractivity contribution in [1.29, 1.82) is 0 Å². The van der Waals surface area contributed by atoms with E-state index in [2.05, 4.69) is 10.5 Å². The molecule has 1 aromatic carbocycles. The van der Waals surface area contributed by atoms with E-state index in [-0.39, 0.29) is 18.2 Å². The maximum absolute atomic E-state index is 11.9. The van der Waals surface area contributed by atoms with Crippen molar-refractivity contribution in [3.05, 3.63) is 53.4 Å². The summed E-state index contributed by atoms with van der Waals surface area (Å²) in [6, 6.07) is 10.4. The molecular weight excluding hydrogens is 232 g/mol. The van der Waals surface area contributed by atoms with E-state index in [1.54, 1.807) is 13.0 Å². The molecule has 0 saturated carbocycles. The summed E-state index contributed by atoms with van der Waals surface area (Å²) in [7, 11) is 0. The van der Waals surface area contributed by atoms with Crippen LogP contribution in [0.25, 0.3) is 0 Å². The summed E-state index contributed by atoms with van der Waals surface area (Å²) >= 11 is 0. The van der Waals surface area contributed by atoms with Crippen molar-refractivity contribution in [3.63, 3.8) is 0 Å². The van der Waals surface area contributed by atoms with Crippen LogP contribution in [0.3, 0.4) is 0 Å². The van der Waals surface area contributed by atoms with Crippen molar-refractivity contribution in [3.8, 4) is 0 Å². The molecule has 0 aliphatic carbocycles. The molecule has 0 spiro atoms. The lowest BCUT2D eigenvalue weighted by Crippen LogP contribution is -2.30. The zero-order chi connectivity index (χ0) is 13.0. The second kappa shape index (κ2) is 5.46. The maximum atomic E-state index is 11.9. The number of carbonyl (C=O) groups is 1. The van der Waals surface area contributed by atoms with Crippen LogP contribution in [0, 0.1) is 6.92 Å². The van der Waals surface area contributed by atoms with Crippen molar-refractivity contribution in [1.82, 2.24) is 10.5 Å². The summed E-state index contributed by atoms with van der Waals surface area (Å²) in [5.74, 6) is 0.204. The lowest BCUT2D eigenvalue weighted by molar-refractivity contribution is 0.0907. The van der Waals surface area contributed by atoms with Gasteiger partial charge in [-0.15, -0.1) is 0 Å². The maximum Gasteiger partial charge on any atom is 0.274 e. The predicted octanol–water partition coefficient (Wildman–Crippen LogP) is 1.45. The Morgan fingerprint density at radius 3 is 2.72 bits per heavy atom. The summed E-state index contributed by atoms with van der Waals surface area (Å²) in [6.45, 7) is 1.54. The first-order valence-electron chi connectivity index (χ1n) is 5.60. The number of hydrogen-bond acceptors (Lipinski definition) is 4. The molecule has 0 aliphatic rings. The van der Waals surface area contributed by atoms with Gasteiger partial charge >= 0.3 is 0 Å². The Balaban J connectivity index is 2.10. The Hall–Kier alpha value is -2.14. The van der Waals surface area contributed by atoms with Gasteiger partial charge in [-0.2, -0.15) is 0 Å². The molecule has 5 nitrogen and oxygen atoms in total. The highest BCUT2D eigenvalue weighted by atomic mass is 16.5. The molecule has 1 heterocycles. The Labute approximate surface area is 104 Å². The summed E-state index contributed by atoms with van der Waals surface area (Å²) in [5, 5.41) is 15.7. The third kappa shape index (κ3) is 2.75. The second-order valence-corrected chi connectivity index (χ2v) is 3.94.